The van der Waals surface area contributed by atoms with E-state index < -0.39 is 43.5 Å². The Labute approximate surface area is 191 Å². The van der Waals surface area contributed by atoms with Crippen LogP contribution in [0.4, 0.5) is 0 Å². The van der Waals surface area contributed by atoms with Crippen LogP contribution in [0.5, 0.6) is 0 Å². The fourth-order valence-corrected chi connectivity index (χ4v) is 5.91. The van der Waals surface area contributed by atoms with Crippen LogP contribution in [0, 0.1) is 12.3 Å². The predicted octanol–water partition coefficient (Wildman–Crippen LogP) is 1.04. The number of hydrogen-bond donors (Lipinski definition) is 3. The number of amides is 1. The first-order chi connectivity index (χ1) is 15.0. The van der Waals surface area contributed by atoms with Crippen molar-refractivity contribution in [1.82, 2.24) is 15.4 Å². The van der Waals surface area contributed by atoms with Gasteiger partial charge in [0.1, 0.15) is 0 Å². The van der Waals surface area contributed by atoms with Gasteiger partial charge in [0.2, 0.25) is 0 Å². The van der Waals surface area contributed by atoms with E-state index in [4.69, 9.17) is 13.8 Å². The third-order valence-corrected chi connectivity index (χ3v) is 7.78. The van der Waals surface area contributed by atoms with Gasteiger partial charge in [-0.2, -0.15) is 0 Å². The molecule has 3 N–H and O–H groups in total. The van der Waals surface area contributed by atoms with Crippen LogP contribution in [-0.4, -0.2) is 66.7 Å². The van der Waals surface area contributed by atoms with E-state index in [1.165, 1.54) is 25.4 Å². The average Bonchev–Trinajstić information content (AvgIpc) is 3.14. The SMILES string of the molecule is COC(=O)CCNC(=O)[C@@H]1O[PH](O)(N[C@@H](C)C(=O)OCCc2scnc2C)OCC1(C)C. The van der Waals surface area contributed by atoms with E-state index >= 15 is 0 Å². The molecule has 1 aromatic rings. The molecule has 1 saturated heterocycles. The van der Waals surface area contributed by atoms with Gasteiger partial charge in [0, 0.05) is 0 Å². The fourth-order valence-electron chi connectivity index (χ4n) is 2.95. The number of nitrogens with zero attached hydrogens (tertiary/aromatic N) is 1. The van der Waals surface area contributed by atoms with Crippen molar-refractivity contribution in [3.63, 3.8) is 0 Å². The van der Waals surface area contributed by atoms with Crippen molar-refractivity contribution in [2.45, 2.75) is 52.7 Å². The molecule has 1 aromatic heterocycles. The second-order valence-corrected chi connectivity index (χ2v) is 11.0. The van der Waals surface area contributed by atoms with E-state index in [-0.39, 0.29) is 26.2 Å². The predicted molar refractivity (Wildman–Crippen MR) is 119 cm³/mol. The van der Waals surface area contributed by atoms with Gasteiger partial charge in [-0.25, -0.2) is 0 Å². The Morgan fingerprint density at radius 2 is 2.16 bits per heavy atom. The number of carbonyl (C=O) groups excluding carboxylic acids is 3. The van der Waals surface area contributed by atoms with Crippen molar-refractivity contribution in [1.29, 1.82) is 0 Å². The first kappa shape index (κ1) is 26.6. The molecule has 0 spiro atoms. The van der Waals surface area contributed by atoms with Gasteiger partial charge < -0.3 is 0 Å². The summed E-state index contributed by atoms with van der Waals surface area (Å²) in [6, 6.07) is -0.918. The van der Waals surface area contributed by atoms with Crippen LogP contribution < -0.4 is 10.4 Å². The molecule has 2 rings (SSSR count). The Bertz CT molecular complexity index is 820. The molecule has 1 fully saturated rings. The quantitative estimate of drug-likeness (QED) is 0.319. The van der Waals surface area contributed by atoms with Crippen molar-refractivity contribution in [2.24, 2.45) is 5.41 Å². The number of esters is 2. The van der Waals surface area contributed by atoms with Crippen molar-refractivity contribution >= 4 is 37.3 Å². The number of aromatic nitrogens is 1. The molecule has 1 aliphatic heterocycles. The molecule has 2 atom stereocenters. The molecule has 0 aliphatic carbocycles. The molecule has 1 aliphatic rings. The summed E-state index contributed by atoms with van der Waals surface area (Å²) in [6.45, 7) is 7.19. The zero-order chi connectivity index (χ0) is 23.9. The van der Waals surface area contributed by atoms with Gasteiger partial charge in [-0.3, -0.25) is 0 Å². The van der Waals surface area contributed by atoms with Crippen molar-refractivity contribution in [3.05, 3.63) is 16.1 Å². The molecule has 0 saturated carbocycles. The molecule has 32 heavy (non-hydrogen) atoms. The maximum atomic E-state index is 12.6. The zero-order valence-corrected chi connectivity index (χ0v) is 20.7. The van der Waals surface area contributed by atoms with Gasteiger partial charge in [-0.1, -0.05) is 0 Å². The molecule has 1 amide bonds. The molecule has 0 radical (unpaired) electrons. The number of carbonyl (C=O) groups is 3. The second-order valence-electron chi connectivity index (χ2n) is 8.12. The molecule has 11 nitrogen and oxygen atoms in total. The van der Waals surface area contributed by atoms with Gasteiger partial charge in [-0.05, 0) is 0 Å². The normalized spacial score (nSPS) is 21.2. The minimum atomic E-state index is -4.06. The van der Waals surface area contributed by atoms with E-state index in [1.807, 2.05) is 6.92 Å². The molecule has 2 heterocycles. The van der Waals surface area contributed by atoms with Gasteiger partial charge in [0.15, 0.2) is 0 Å². The molecule has 182 valence electrons. The summed E-state index contributed by atoms with van der Waals surface area (Å²) >= 11 is 1.49. The number of methoxy groups -OCH3 is 1. The Morgan fingerprint density at radius 1 is 1.44 bits per heavy atom. The number of nitrogens with one attached hydrogen (secondary N) is 2. The summed E-state index contributed by atoms with van der Waals surface area (Å²) in [7, 11) is -2.79. The molecular weight excluding hydrogens is 461 g/mol. The van der Waals surface area contributed by atoms with Gasteiger partial charge in [0.25, 0.3) is 0 Å². The minimum absolute atomic E-state index is 0.00969. The Morgan fingerprint density at radius 3 is 2.78 bits per heavy atom. The zero-order valence-electron chi connectivity index (χ0n) is 18.9. The summed E-state index contributed by atoms with van der Waals surface area (Å²) in [4.78, 5) is 52.2. The molecule has 0 bridgehead atoms. The van der Waals surface area contributed by atoms with Crippen LogP contribution in [0.1, 0.15) is 37.8 Å². The number of hydrogen-bond acceptors (Lipinski definition) is 11. The third-order valence-electron chi connectivity index (χ3n) is 4.89. The van der Waals surface area contributed by atoms with E-state index in [0.717, 1.165) is 10.6 Å². The third kappa shape index (κ3) is 7.43. The van der Waals surface area contributed by atoms with Crippen molar-refractivity contribution in [2.75, 3.05) is 26.9 Å². The summed E-state index contributed by atoms with van der Waals surface area (Å²) in [6.07, 6.45) is -0.489. The Kier molecular flexibility index (Phi) is 9.50. The summed E-state index contributed by atoms with van der Waals surface area (Å²) in [5, 5.41) is 5.27. The second kappa shape index (κ2) is 11.4. The topological polar surface area (TPSA) is 145 Å². The van der Waals surface area contributed by atoms with E-state index in [9.17, 15) is 19.3 Å². The van der Waals surface area contributed by atoms with Crippen LogP contribution in [-0.2, 0) is 39.3 Å². The fraction of sp³-hybridized carbons (Fsp3) is 0.684. The Hall–Kier alpha value is -1.69. The summed E-state index contributed by atoms with van der Waals surface area (Å²) in [5.41, 5.74) is 1.90. The number of aryl methyl sites for hydroxylation is 1. The van der Waals surface area contributed by atoms with Crippen LogP contribution in [0.2, 0.25) is 0 Å². The Balaban J connectivity index is 1.89. The van der Waals surface area contributed by atoms with E-state index in [2.05, 4.69) is 20.1 Å². The van der Waals surface area contributed by atoms with Gasteiger partial charge >= 0.3 is 192 Å². The molecule has 0 aromatic carbocycles. The first-order valence-electron chi connectivity index (χ1n) is 10.2. The maximum absolute atomic E-state index is 12.6. The van der Waals surface area contributed by atoms with Gasteiger partial charge in [-0.15, -0.1) is 0 Å². The van der Waals surface area contributed by atoms with E-state index in [0.29, 0.717) is 6.42 Å². The van der Waals surface area contributed by atoms with Crippen LogP contribution in [0.25, 0.3) is 0 Å². The molecule has 0 unspecified atom stereocenters. The van der Waals surface area contributed by atoms with Crippen molar-refractivity contribution < 1.29 is 37.8 Å². The van der Waals surface area contributed by atoms with Crippen LogP contribution >= 0.6 is 19.4 Å². The average molecular weight is 494 g/mol. The summed E-state index contributed by atoms with van der Waals surface area (Å²) < 4.78 is 21.0. The van der Waals surface area contributed by atoms with Crippen LogP contribution in [0.15, 0.2) is 5.51 Å². The first-order valence-corrected chi connectivity index (χ1v) is 12.8. The molecule has 13 heteroatoms. The standard InChI is InChI=1S/C19H32N3O8PS/c1-12-14(32-11-21-12)7-9-28-18(25)13(2)22-31(26)29-10-19(3,4)16(30-31)17(24)20-8-6-15(23)27-5/h11,13,16,22,26,31H,6-10H2,1-5H3,(H,20,24)/t13-,16-/m0/s1. The molecular formula is C19H32N3O8PS. The summed E-state index contributed by atoms with van der Waals surface area (Å²) in [5.74, 6) is -1.53. The van der Waals surface area contributed by atoms with Gasteiger partial charge in [0.05, 0.1) is 0 Å². The monoisotopic (exact) mass is 493 g/mol. The number of ether oxygens (including phenoxy) is 2. The van der Waals surface area contributed by atoms with Crippen LogP contribution in [0.3, 0.4) is 0 Å². The number of rotatable bonds is 10. The van der Waals surface area contributed by atoms with E-state index in [1.54, 1.807) is 19.4 Å². The number of thiazole rings is 1. The van der Waals surface area contributed by atoms with Crippen molar-refractivity contribution in [3.8, 4) is 0 Å².